The zero-order valence-electron chi connectivity index (χ0n) is 8.99. The Morgan fingerprint density at radius 3 is 2.29 bits per heavy atom. The SMILES string of the molecule is CC(C)(CO)N1[C@@H]2CC[C@H]1CC(=O)C2. The Bertz CT molecular complexity index is 234. The summed E-state index contributed by atoms with van der Waals surface area (Å²) in [6, 6.07) is 0.784. The summed E-state index contributed by atoms with van der Waals surface area (Å²) in [4.78, 5) is 13.8. The Labute approximate surface area is 85.1 Å². The molecule has 2 rings (SSSR count). The molecule has 80 valence electrons. The van der Waals surface area contributed by atoms with Crippen LogP contribution in [0.4, 0.5) is 0 Å². The fourth-order valence-corrected chi connectivity index (χ4v) is 3.04. The highest BCUT2D eigenvalue weighted by Crippen LogP contribution is 2.38. The number of aliphatic hydroxyl groups is 1. The molecule has 2 aliphatic heterocycles. The van der Waals surface area contributed by atoms with E-state index in [9.17, 15) is 9.90 Å². The Kier molecular flexibility index (Phi) is 2.40. The van der Waals surface area contributed by atoms with Gasteiger partial charge < -0.3 is 5.11 Å². The van der Waals surface area contributed by atoms with Gasteiger partial charge in [0.25, 0.3) is 0 Å². The molecule has 2 saturated heterocycles. The summed E-state index contributed by atoms with van der Waals surface area (Å²) >= 11 is 0. The highest BCUT2D eigenvalue weighted by atomic mass is 16.3. The molecule has 0 radical (unpaired) electrons. The summed E-state index contributed by atoms with van der Waals surface area (Å²) in [6.07, 6.45) is 3.64. The van der Waals surface area contributed by atoms with Gasteiger partial charge in [-0.05, 0) is 26.7 Å². The molecule has 3 nitrogen and oxygen atoms in total. The van der Waals surface area contributed by atoms with Crippen molar-refractivity contribution in [2.24, 2.45) is 0 Å². The Hall–Kier alpha value is -0.410. The summed E-state index contributed by atoms with van der Waals surface area (Å²) in [5.74, 6) is 0.405. The van der Waals surface area contributed by atoms with Crippen molar-refractivity contribution in [2.45, 2.75) is 57.2 Å². The molecular weight excluding hydrogens is 178 g/mol. The van der Waals surface area contributed by atoms with Crippen LogP contribution < -0.4 is 0 Å². The number of nitrogens with zero attached hydrogens (tertiary/aromatic N) is 1. The lowest BCUT2D eigenvalue weighted by Crippen LogP contribution is -2.56. The monoisotopic (exact) mass is 197 g/mol. The van der Waals surface area contributed by atoms with Crippen molar-refractivity contribution in [3.8, 4) is 0 Å². The van der Waals surface area contributed by atoms with E-state index in [1.165, 1.54) is 0 Å². The Morgan fingerprint density at radius 1 is 1.36 bits per heavy atom. The van der Waals surface area contributed by atoms with Crippen molar-refractivity contribution in [3.05, 3.63) is 0 Å². The molecule has 0 saturated carbocycles. The second kappa shape index (κ2) is 3.31. The molecular formula is C11H19NO2. The van der Waals surface area contributed by atoms with E-state index < -0.39 is 0 Å². The lowest BCUT2D eigenvalue weighted by Gasteiger charge is -2.44. The number of hydrogen-bond donors (Lipinski definition) is 1. The van der Waals surface area contributed by atoms with Gasteiger partial charge in [0.05, 0.1) is 6.61 Å². The van der Waals surface area contributed by atoms with Crippen LogP contribution >= 0.6 is 0 Å². The van der Waals surface area contributed by atoms with E-state index in [1.54, 1.807) is 0 Å². The lowest BCUT2D eigenvalue weighted by molar-refractivity contribution is -0.126. The van der Waals surface area contributed by atoms with E-state index in [0.29, 0.717) is 30.7 Å². The number of ketones is 1. The molecule has 0 aromatic heterocycles. The molecule has 0 amide bonds. The smallest absolute Gasteiger partial charge is 0.136 e. The normalized spacial score (nSPS) is 33.8. The van der Waals surface area contributed by atoms with Crippen LogP contribution in [-0.2, 0) is 4.79 Å². The molecule has 2 atom stereocenters. The number of hydrogen-bond acceptors (Lipinski definition) is 3. The highest BCUT2D eigenvalue weighted by Gasteiger charge is 2.46. The molecule has 2 fully saturated rings. The molecule has 2 heterocycles. The Balaban J connectivity index is 2.18. The average Bonchev–Trinajstić information content (AvgIpc) is 2.40. The van der Waals surface area contributed by atoms with E-state index >= 15 is 0 Å². The van der Waals surface area contributed by atoms with Crippen LogP contribution in [0, 0.1) is 0 Å². The molecule has 0 aromatic rings. The number of aliphatic hydroxyl groups excluding tert-OH is 1. The Morgan fingerprint density at radius 2 is 1.86 bits per heavy atom. The van der Waals surface area contributed by atoms with Gasteiger partial charge in [-0.15, -0.1) is 0 Å². The summed E-state index contributed by atoms with van der Waals surface area (Å²) in [5.41, 5.74) is -0.160. The van der Waals surface area contributed by atoms with Gasteiger partial charge in [0.15, 0.2) is 0 Å². The zero-order valence-corrected chi connectivity index (χ0v) is 8.99. The summed E-state index contributed by atoms with van der Waals surface area (Å²) in [7, 11) is 0. The molecule has 14 heavy (non-hydrogen) atoms. The first-order chi connectivity index (χ1) is 6.54. The molecule has 0 aromatic carbocycles. The maximum atomic E-state index is 11.4. The summed E-state index contributed by atoms with van der Waals surface area (Å²) < 4.78 is 0. The first-order valence-electron chi connectivity index (χ1n) is 5.45. The number of carbonyl (C=O) groups is 1. The van der Waals surface area contributed by atoms with Crippen LogP contribution in [-0.4, -0.2) is 40.0 Å². The van der Waals surface area contributed by atoms with E-state index in [1.807, 2.05) is 0 Å². The predicted molar refractivity (Wildman–Crippen MR) is 54.1 cm³/mol. The third-order valence-electron chi connectivity index (χ3n) is 3.63. The van der Waals surface area contributed by atoms with Crippen molar-refractivity contribution < 1.29 is 9.90 Å². The van der Waals surface area contributed by atoms with Gasteiger partial charge >= 0.3 is 0 Å². The fourth-order valence-electron chi connectivity index (χ4n) is 3.04. The number of rotatable bonds is 2. The van der Waals surface area contributed by atoms with Crippen LogP contribution in [0.25, 0.3) is 0 Å². The van der Waals surface area contributed by atoms with Gasteiger partial charge in [-0.3, -0.25) is 9.69 Å². The van der Waals surface area contributed by atoms with Gasteiger partial charge in [0.1, 0.15) is 5.78 Å². The molecule has 0 spiro atoms. The predicted octanol–water partition coefficient (Wildman–Crippen LogP) is 0.953. The number of carbonyl (C=O) groups excluding carboxylic acids is 1. The van der Waals surface area contributed by atoms with Crippen molar-refractivity contribution in [3.63, 3.8) is 0 Å². The second-order valence-corrected chi connectivity index (χ2v) is 5.21. The quantitative estimate of drug-likeness (QED) is 0.716. The van der Waals surface area contributed by atoms with E-state index in [4.69, 9.17) is 0 Å². The van der Waals surface area contributed by atoms with Crippen LogP contribution in [0.15, 0.2) is 0 Å². The van der Waals surface area contributed by atoms with Crippen molar-refractivity contribution in [1.29, 1.82) is 0 Å². The van der Waals surface area contributed by atoms with Gasteiger partial charge in [0, 0.05) is 30.5 Å². The summed E-state index contributed by atoms with van der Waals surface area (Å²) in [6.45, 7) is 4.30. The van der Waals surface area contributed by atoms with Gasteiger partial charge in [-0.1, -0.05) is 0 Å². The highest BCUT2D eigenvalue weighted by molar-refractivity contribution is 5.81. The number of fused-ring (bicyclic) bond motifs is 2. The molecule has 3 heteroatoms. The van der Waals surface area contributed by atoms with Crippen LogP contribution in [0.2, 0.25) is 0 Å². The third kappa shape index (κ3) is 1.48. The number of Topliss-reactive ketones (excluding diaryl/α,β-unsaturated/α-hetero) is 1. The maximum Gasteiger partial charge on any atom is 0.136 e. The standard InChI is InChI=1S/C11H19NO2/c1-11(2,7-13)12-8-3-4-9(12)6-10(14)5-8/h8-9,13H,3-7H2,1-2H3/t8-,9+. The van der Waals surface area contributed by atoms with Crippen molar-refractivity contribution in [1.82, 2.24) is 4.90 Å². The van der Waals surface area contributed by atoms with E-state index in [-0.39, 0.29) is 12.1 Å². The second-order valence-electron chi connectivity index (χ2n) is 5.21. The van der Waals surface area contributed by atoms with Gasteiger partial charge in [-0.25, -0.2) is 0 Å². The van der Waals surface area contributed by atoms with Crippen molar-refractivity contribution in [2.75, 3.05) is 6.61 Å². The molecule has 0 unspecified atom stereocenters. The van der Waals surface area contributed by atoms with E-state index in [2.05, 4.69) is 18.7 Å². The first kappa shape index (κ1) is 10.1. The molecule has 2 bridgehead atoms. The number of piperidine rings is 1. The minimum absolute atomic E-state index is 0.160. The minimum atomic E-state index is -0.160. The minimum Gasteiger partial charge on any atom is -0.394 e. The summed E-state index contributed by atoms with van der Waals surface area (Å²) in [5, 5.41) is 9.35. The zero-order chi connectivity index (χ0) is 10.3. The molecule has 2 aliphatic rings. The lowest BCUT2D eigenvalue weighted by atomic mass is 9.93. The van der Waals surface area contributed by atoms with Gasteiger partial charge in [0.2, 0.25) is 0 Å². The molecule has 1 N–H and O–H groups in total. The van der Waals surface area contributed by atoms with E-state index in [0.717, 1.165) is 12.8 Å². The third-order valence-corrected chi connectivity index (χ3v) is 3.63. The van der Waals surface area contributed by atoms with Crippen LogP contribution in [0.5, 0.6) is 0 Å². The topological polar surface area (TPSA) is 40.5 Å². The maximum absolute atomic E-state index is 11.4. The van der Waals surface area contributed by atoms with Gasteiger partial charge in [-0.2, -0.15) is 0 Å². The van der Waals surface area contributed by atoms with Crippen molar-refractivity contribution >= 4 is 5.78 Å². The fraction of sp³-hybridized carbons (Fsp3) is 0.909. The average molecular weight is 197 g/mol. The largest absolute Gasteiger partial charge is 0.394 e. The van der Waals surface area contributed by atoms with Crippen LogP contribution in [0.1, 0.15) is 39.5 Å². The first-order valence-corrected chi connectivity index (χ1v) is 5.45. The molecule has 0 aliphatic carbocycles. The van der Waals surface area contributed by atoms with Crippen LogP contribution in [0.3, 0.4) is 0 Å².